The van der Waals surface area contributed by atoms with Crippen LogP contribution in [0, 0.1) is 17.0 Å². The molecule has 0 radical (unpaired) electrons. The Balaban J connectivity index is 1.61. The van der Waals surface area contributed by atoms with Crippen molar-refractivity contribution in [3.05, 3.63) is 93.5 Å². The molecule has 0 bridgehead atoms. The highest BCUT2D eigenvalue weighted by molar-refractivity contribution is 5.95. The third-order valence-corrected chi connectivity index (χ3v) is 4.63. The van der Waals surface area contributed by atoms with Crippen LogP contribution in [0.2, 0.25) is 0 Å². The summed E-state index contributed by atoms with van der Waals surface area (Å²) in [6, 6.07) is 17.7. The highest BCUT2D eigenvalue weighted by Crippen LogP contribution is 2.28. The topological polar surface area (TPSA) is 132 Å². The Morgan fingerprint density at radius 3 is 2.57 bits per heavy atom. The second-order valence-corrected chi connectivity index (χ2v) is 7.35. The largest absolute Gasteiger partial charge is 0.490 e. The van der Waals surface area contributed by atoms with Gasteiger partial charge in [-0.25, -0.2) is 5.43 Å². The highest BCUT2D eigenvalue weighted by atomic mass is 16.6. The molecule has 0 heterocycles. The smallest absolute Gasteiger partial charge is 0.271 e. The number of hydrazone groups is 1. The van der Waals surface area contributed by atoms with Crippen molar-refractivity contribution in [3.63, 3.8) is 0 Å². The number of benzene rings is 3. The van der Waals surface area contributed by atoms with Gasteiger partial charge in [0.1, 0.15) is 0 Å². The molecule has 0 aliphatic carbocycles. The minimum Gasteiger partial charge on any atom is -0.490 e. The zero-order chi connectivity index (χ0) is 25.2. The fourth-order valence-electron chi connectivity index (χ4n) is 3.05. The summed E-state index contributed by atoms with van der Waals surface area (Å²) in [7, 11) is 0. The predicted octanol–water partition coefficient (Wildman–Crippen LogP) is 4.08. The van der Waals surface area contributed by atoms with E-state index in [2.05, 4.69) is 15.8 Å². The number of ether oxygens (including phenoxy) is 2. The number of anilines is 1. The van der Waals surface area contributed by atoms with Crippen molar-refractivity contribution in [2.24, 2.45) is 5.10 Å². The van der Waals surface area contributed by atoms with Crippen LogP contribution in [-0.2, 0) is 4.79 Å². The van der Waals surface area contributed by atoms with E-state index in [4.69, 9.17) is 9.47 Å². The minimum atomic E-state index is -0.588. The summed E-state index contributed by atoms with van der Waals surface area (Å²) < 4.78 is 11.2. The average Bonchev–Trinajstić information content (AvgIpc) is 2.83. The first-order chi connectivity index (χ1) is 16.9. The van der Waals surface area contributed by atoms with Crippen LogP contribution >= 0.6 is 0 Å². The lowest BCUT2D eigenvalue weighted by atomic mass is 10.2. The zero-order valence-electron chi connectivity index (χ0n) is 19.2. The molecule has 0 aliphatic heterocycles. The third kappa shape index (κ3) is 7.39. The maximum absolute atomic E-state index is 12.2. The molecule has 2 N–H and O–H groups in total. The van der Waals surface area contributed by atoms with Crippen LogP contribution in [0.3, 0.4) is 0 Å². The Morgan fingerprint density at radius 1 is 1.03 bits per heavy atom. The summed E-state index contributed by atoms with van der Waals surface area (Å²) in [5.74, 6) is -0.115. The number of aryl methyl sites for hydroxylation is 1. The first kappa shape index (κ1) is 24.9. The molecular weight excluding hydrogens is 452 g/mol. The van der Waals surface area contributed by atoms with Crippen molar-refractivity contribution in [2.75, 3.05) is 18.5 Å². The van der Waals surface area contributed by atoms with Gasteiger partial charge in [0.05, 0.1) is 17.7 Å². The van der Waals surface area contributed by atoms with Gasteiger partial charge in [0.2, 0.25) is 0 Å². The van der Waals surface area contributed by atoms with Gasteiger partial charge in [-0.3, -0.25) is 19.7 Å². The maximum Gasteiger partial charge on any atom is 0.271 e. The lowest BCUT2D eigenvalue weighted by Gasteiger charge is -2.13. The molecular formula is C25H24N4O6. The van der Waals surface area contributed by atoms with Gasteiger partial charge < -0.3 is 14.8 Å². The lowest BCUT2D eigenvalue weighted by Crippen LogP contribution is -2.20. The average molecular weight is 476 g/mol. The van der Waals surface area contributed by atoms with E-state index in [0.29, 0.717) is 29.4 Å². The standard InChI is InChI=1S/C25H24N4O6/c1-3-34-23-13-18(15-26-28-25(31)19-7-5-9-21(14-19)29(32)33)10-11-22(23)35-16-24(30)27-20-8-4-6-17(2)12-20/h4-15H,3,16H2,1-2H3,(H,27,30)(H,28,31)/b26-15+. The van der Waals surface area contributed by atoms with E-state index in [1.54, 1.807) is 24.3 Å². The molecule has 0 spiro atoms. The molecule has 0 aliphatic rings. The van der Waals surface area contributed by atoms with Gasteiger partial charge in [0.25, 0.3) is 17.5 Å². The Kier molecular flexibility index (Phi) is 8.49. The number of nitro groups is 1. The Bertz CT molecular complexity index is 1260. The maximum atomic E-state index is 12.2. The van der Waals surface area contributed by atoms with Crippen LogP contribution in [0.25, 0.3) is 0 Å². The summed E-state index contributed by atoms with van der Waals surface area (Å²) in [4.78, 5) is 34.7. The molecule has 0 fully saturated rings. The fraction of sp³-hybridized carbons (Fsp3) is 0.160. The van der Waals surface area contributed by atoms with E-state index in [1.165, 1.54) is 30.5 Å². The monoisotopic (exact) mass is 476 g/mol. The number of amides is 2. The Labute approximate surface area is 201 Å². The molecule has 35 heavy (non-hydrogen) atoms. The second kappa shape index (κ2) is 11.9. The quantitative estimate of drug-likeness (QED) is 0.257. The molecule has 0 unspecified atom stereocenters. The van der Waals surface area contributed by atoms with Crippen LogP contribution in [0.15, 0.2) is 71.8 Å². The van der Waals surface area contributed by atoms with E-state index < -0.39 is 10.8 Å². The fourth-order valence-corrected chi connectivity index (χ4v) is 3.05. The molecule has 10 heteroatoms. The van der Waals surface area contributed by atoms with Crippen LogP contribution < -0.4 is 20.2 Å². The normalized spacial score (nSPS) is 10.6. The highest BCUT2D eigenvalue weighted by Gasteiger charge is 2.12. The summed E-state index contributed by atoms with van der Waals surface area (Å²) in [6.07, 6.45) is 1.39. The summed E-state index contributed by atoms with van der Waals surface area (Å²) in [5.41, 5.74) is 4.56. The Morgan fingerprint density at radius 2 is 1.83 bits per heavy atom. The number of hydrogen-bond acceptors (Lipinski definition) is 7. The SMILES string of the molecule is CCOc1cc(/C=N/NC(=O)c2cccc([N+](=O)[O-])c2)ccc1OCC(=O)Nc1cccc(C)c1. The number of carbonyl (C=O) groups is 2. The first-order valence-electron chi connectivity index (χ1n) is 10.7. The minimum absolute atomic E-state index is 0.110. The van der Waals surface area contributed by atoms with Crippen molar-refractivity contribution in [1.29, 1.82) is 0 Å². The van der Waals surface area contributed by atoms with Gasteiger partial charge in [-0.2, -0.15) is 5.10 Å². The van der Waals surface area contributed by atoms with E-state index in [9.17, 15) is 19.7 Å². The van der Waals surface area contributed by atoms with Crippen LogP contribution in [-0.4, -0.2) is 36.2 Å². The van der Waals surface area contributed by atoms with E-state index in [-0.39, 0.29) is 23.8 Å². The summed E-state index contributed by atoms with van der Waals surface area (Å²) in [5, 5.41) is 17.5. The molecule has 180 valence electrons. The van der Waals surface area contributed by atoms with E-state index in [0.717, 1.165) is 5.56 Å². The number of carbonyl (C=O) groups excluding carboxylic acids is 2. The number of nitrogens with one attached hydrogen (secondary N) is 2. The number of rotatable bonds is 10. The molecule has 3 aromatic rings. The number of nitrogens with zero attached hydrogens (tertiary/aromatic N) is 2. The van der Waals surface area contributed by atoms with Crippen molar-refractivity contribution in [1.82, 2.24) is 5.43 Å². The molecule has 0 saturated carbocycles. The molecule has 3 rings (SSSR count). The molecule has 0 atom stereocenters. The van der Waals surface area contributed by atoms with Gasteiger partial charge in [-0.15, -0.1) is 0 Å². The van der Waals surface area contributed by atoms with Gasteiger partial charge in [0, 0.05) is 23.4 Å². The molecule has 10 nitrogen and oxygen atoms in total. The molecule has 0 aromatic heterocycles. The third-order valence-electron chi connectivity index (χ3n) is 4.63. The Hall–Kier alpha value is -4.73. The van der Waals surface area contributed by atoms with Gasteiger partial charge in [-0.05, 0) is 61.4 Å². The lowest BCUT2D eigenvalue weighted by molar-refractivity contribution is -0.384. The summed E-state index contributed by atoms with van der Waals surface area (Å²) >= 11 is 0. The number of nitro benzene ring substituents is 1. The van der Waals surface area contributed by atoms with Crippen molar-refractivity contribution in [2.45, 2.75) is 13.8 Å². The van der Waals surface area contributed by atoms with E-state index >= 15 is 0 Å². The molecule has 3 aromatic carbocycles. The number of non-ortho nitro benzene ring substituents is 1. The first-order valence-corrected chi connectivity index (χ1v) is 10.7. The van der Waals surface area contributed by atoms with Crippen LogP contribution in [0.1, 0.15) is 28.4 Å². The molecule has 2 amide bonds. The molecule has 0 saturated heterocycles. The summed E-state index contributed by atoms with van der Waals surface area (Å²) in [6.45, 7) is 3.91. The second-order valence-electron chi connectivity index (χ2n) is 7.35. The zero-order valence-corrected chi connectivity index (χ0v) is 19.2. The number of hydrogen-bond donors (Lipinski definition) is 2. The predicted molar refractivity (Wildman–Crippen MR) is 131 cm³/mol. The van der Waals surface area contributed by atoms with Crippen LogP contribution in [0.5, 0.6) is 11.5 Å². The van der Waals surface area contributed by atoms with Crippen LogP contribution in [0.4, 0.5) is 11.4 Å². The van der Waals surface area contributed by atoms with Crippen molar-refractivity contribution >= 4 is 29.4 Å². The van der Waals surface area contributed by atoms with Gasteiger partial charge >= 0.3 is 0 Å². The van der Waals surface area contributed by atoms with Crippen molar-refractivity contribution in [3.8, 4) is 11.5 Å². The van der Waals surface area contributed by atoms with Crippen molar-refractivity contribution < 1.29 is 24.0 Å². The van der Waals surface area contributed by atoms with Gasteiger partial charge in [0.15, 0.2) is 18.1 Å². The van der Waals surface area contributed by atoms with E-state index in [1.807, 2.05) is 32.0 Å². The van der Waals surface area contributed by atoms with Gasteiger partial charge in [-0.1, -0.05) is 18.2 Å².